The first-order valence-electron chi connectivity index (χ1n) is 8.89. The summed E-state index contributed by atoms with van der Waals surface area (Å²) in [7, 11) is 0. The van der Waals surface area contributed by atoms with Crippen molar-refractivity contribution >= 4 is 22.6 Å². The van der Waals surface area contributed by atoms with Crippen molar-refractivity contribution in [1.29, 1.82) is 0 Å². The molecule has 0 aromatic heterocycles. The molecule has 3 aliphatic rings. The van der Waals surface area contributed by atoms with Crippen LogP contribution in [0, 0.1) is 5.92 Å². The fourth-order valence-corrected chi connectivity index (χ4v) is 4.01. The molecule has 1 aliphatic heterocycles. The summed E-state index contributed by atoms with van der Waals surface area (Å²) in [5.41, 5.74) is 2.40. The van der Waals surface area contributed by atoms with Gasteiger partial charge in [-0.3, -0.25) is 4.79 Å². The molecule has 0 saturated heterocycles. The minimum Gasteiger partial charge on any atom is -0.501 e. The lowest BCUT2D eigenvalue weighted by atomic mass is 9.69. The standard InChI is InChI=1S/C18H15FO.C4H6O/c19-18-16-8-7-13-12-4-2-1-3-11(12)5-6-14(13)15(16)9-10-17(18)20;1-2-4-5-3-1/h1-8,15-16,18H,9-10H2;1,3H,2,4H2. The lowest BCUT2D eigenvalue weighted by Crippen LogP contribution is -2.35. The number of ketones is 1. The first kappa shape index (κ1) is 16.1. The highest BCUT2D eigenvalue weighted by Crippen LogP contribution is 2.45. The van der Waals surface area contributed by atoms with Gasteiger partial charge in [-0.1, -0.05) is 48.6 Å². The summed E-state index contributed by atoms with van der Waals surface area (Å²) in [6.45, 7) is 0.889. The van der Waals surface area contributed by atoms with Crippen molar-refractivity contribution in [3.8, 4) is 0 Å². The van der Waals surface area contributed by atoms with Gasteiger partial charge in [0.1, 0.15) is 0 Å². The molecule has 128 valence electrons. The minimum atomic E-state index is -1.33. The second-order valence-electron chi connectivity index (χ2n) is 6.77. The number of Topliss-reactive ketones (excluding diaryl/α,β-unsaturated/α-hetero) is 1. The Morgan fingerprint density at radius 2 is 2.00 bits per heavy atom. The maximum Gasteiger partial charge on any atom is 0.167 e. The van der Waals surface area contributed by atoms with Gasteiger partial charge in [0.05, 0.1) is 12.9 Å². The summed E-state index contributed by atoms with van der Waals surface area (Å²) in [5.74, 6) is -0.364. The van der Waals surface area contributed by atoms with Gasteiger partial charge in [-0.25, -0.2) is 4.39 Å². The molecule has 0 spiro atoms. The van der Waals surface area contributed by atoms with Gasteiger partial charge in [-0.2, -0.15) is 0 Å². The van der Waals surface area contributed by atoms with Gasteiger partial charge in [0.15, 0.2) is 12.0 Å². The molecule has 3 heteroatoms. The highest BCUT2D eigenvalue weighted by molar-refractivity contribution is 5.93. The number of fused-ring (bicyclic) bond motifs is 5. The van der Waals surface area contributed by atoms with Gasteiger partial charge in [0.25, 0.3) is 0 Å². The van der Waals surface area contributed by atoms with Crippen LogP contribution in [-0.4, -0.2) is 18.6 Å². The molecule has 0 N–H and O–H groups in total. The number of carbonyl (C=O) groups is 1. The average Bonchev–Trinajstić information content (AvgIpc) is 3.24. The topological polar surface area (TPSA) is 26.3 Å². The summed E-state index contributed by atoms with van der Waals surface area (Å²) in [6, 6.07) is 12.5. The molecule has 0 bridgehead atoms. The monoisotopic (exact) mass is 336 g/mol. The molecular weight excluding hydrogens is 315 g/mol. The smallest absolute Gasteiger partial charge is 0.167 e. The number of halogens is 1. The third kappa shape index (κ3) is 2.99. The fraction of sp³-hybridized carbons (Fsp3) is 0.318. The zero-order valence-electron chi connectivity index (χ0n) is 14.0. The van der Waals surface area contributed by atoms with Crippen LogP contribution in [0.5, 0.6) is 0 Å². The number of rotatable bonds is 0. The van der Waals surface area contributed by atoms with Crippen molar-refractivity contribution in [1.82, 2.24) is 0 Å². The Kier molecular flexibility index (Phi) is 4.39. The lowest BCUT2D eigenvalue weighted by molar-refractivity contribution is -0.127. The summed E-state index contributed by atoms with van der Waals surface area (Å²) in [5, 5.41) is 2.42. The zero-order chi connectivity index (χ0) is 17.2. The van der Waals surface area contributed by atoms with Crippen molar-refractivity contribution in [2.45, 2.75) is 31.4 Å². The molecule has 5 rings (SSSR count). The third-order valence-corrected chi connectivity index (χ3v) is 5.30. The molecule has 2 aromatic carbocycles. The van der Waals surface area contributed by atoms with Crippen molar-refractivity contribution in [3.63, 3.8) is 0 Å². The maximum atomic E-state index is 14.1. The predicted molar refractivity (Wildman–Crippen MR) is 98.1 cm³/mol. The van der Waals surface area contributed by atoms with Crippen LogP contribution in [-0.2, 0) is 9.53 Å². The average molecular weight is 336 g/mol. The molecule has 2 nitrogen and oxygen atoms in total. The number of benzene rings is 2. The quantitative estimate of drug-likeness (QED) is 0.662. The molecular formula is C22H21FO2. The fourth-order valence-electron chi connectivity index (χ4n) is 4.01. The summed E-state index contributed by atoms with van der Waals surface area (Å²) < 4.78 is 18.9. The Morgan fingerprint density at radius 1 is 1.12 bits per heavy atom. The SMILES string of the molecule is C1=COCC1.O=C1CCC2c3ccc4ccccc4c3C=CC2C1F. The van der Waals surface area contributed by atoms with E-state index < -0.39 is 6.17 Å². The first-order chi connectivity index (χ1) is 12.3. The highest BCUT2D eigenvalue weighted by Gasteiger charge is 2.40. The number of hydrogen-bond donors (Lipinski definition) is 0. The van der Waals surface area contributed by atoms with Gasteiger partial charge in [-0.15, -0.1) is 0 Å². The van der Waals surface area contributed by atoms with Gasteiger partial charge in [-0.05, 0) is 40.3 Å². The van der Waals surface area contributed by atoms with E-state index in [0.717, 1.165) is 19.4 Å². The van der Waals surface area contributed by atoms with Crippen molar-refractivity contribution in [3.05, 3.63) is 65.9 Å². The van der Waals surface area contributed by atoms with Crippen molar-refractivity contribution in [2.75, 3.05) is 6.61 Å². The molecule has 2 aromatic rings. The van der Waals surface area contributed by atoms with Gasteiger partial charge in [0.2, 0.25) is 0 Å². The highest BCUT2D eigenvalue weighted by atomic mass is 19.1. The van der Waals surface area contributed by atoms with Crippen LogP contribution in [0.1, 0.15) is 36.3 Å². The number of carbonyl (C=O) groups excluding carboxylic acids is 1. The molecule has 1 fully saturated rings. The Labute approximate surface area is 147 Å². The van der Waals surface area contributed by atoms with Crippen LogP contribution in [0.3, 0.4) is 0 Å². The van der Waals surface area contributed by atoms with E-state index in [1.807, 2.05) is 30.4 Å². The number of alkyl halides is 1. The number of hydrogen-bond acceptors (Lipinski definition) is 2. The van der Waals surface area contributed by atoms with Crippen LogP contribution < -0.4 is 0 Å². The minimum absolute atomic E-state index is 0.146. The van der Waals surface area contributed by atoms with E-state index in [1.165, 1.54) is 21.9 Å². The summed E-state index contributed by atoms with van der Waals surface area (Å²) in [4.78, 5) is 11.6. The molecule has 1 heterocycles. The maximum absolute atomic E-state index is 14.1. The third-order valence-electron chi connectivity index (χ3n) is 5.30. The number of ether oxygens (including phenoxy) is 1. The van der Waals surface area contributed by atoms with E-state index >= 15 is 0 Å². The normalized spacial score (nSPS) is 26.4. The van der Waals surface area contributed by atoms with Gasteiger partial charge in [0, 0.05) is 18.8 Å². The van der Waals surface area contributed by atoms with E-state index in [9.17, 15) is 9.18 Å². The molecule has 0 radical (unpaired) electrons. The van der Waals surface area contributed by atoms with E-state index in [4.69, 9.17) is 4.74 Å². The van der Waals surface area contributed by atoms with E-state index in [-0.39, 0.29) is 17.6 Å². The Hall–Kier alpha value is -2.42. The second-order valence-corrected chi connectivity index (χ2v) is 6.77. The van der Waals surface area contributed by atoms with Crippen LogP contribution in [0.15, 0.2) is 54.8 Å². The Bertz CT molecular complexity index is 846. The molecule has 0 amide bonds. The van der Waals surface area contributed by atoms with Crippen LogP contribution in [0.25, 0.3) is 16.8 Å². The zero-order valence-corrected chi connectivity index (χ0v) is 14.0. The molecule has 3 unspecified atom stereocenters. The summed E-state index contributed by atoms with van der Waals surface area (Å²) >= 11 is 0. The predicted octanol–water partition coefficient (Wildman–Crippen LogP) is 5.19. The second kappa shape index (κ2) is 6.83. The van der Waals surface area contributed by atoms with E-state index in [0.29, 0.717) is 6.42 Å². The van der Waals surface area contributed by atoms with Crippen molar-refractivity contribution in [2.24, 2.45) is 5.92 Å². The molecule has 25 heavy (non-hydrogen) atoms. The molecule has 1 saturated carbocycles. The van der Waals surface area contributed by atoms with Crippen LogP contribution in [0.2, 0.25) is 0 Å². The molecule has 3 atom stereocenters. The lowest BCUT2D eigenvalue weighted by Gasteiger charge is -2.35. The Balaban J connectivity index is 0.000000272. The van der Waals surface area contributed by atoms with Crippen LogP contribution >= 0.6 is 0 Å². The van der Waals surface area contributed by atoms with Crippen LogP contribution in [0.4, 0.5) is 4.39 Å². The van der Waals surface area contributed by atoms with E-state index in [2.05, 4.69) is 24.3 Å². The van der Waals surface area contributed by atoms with Crippen molar-refractivity contribution < 1.29 is 13.9 Å². The van der Waals surface area contributed by atoms with Gasteiger partial charge < -0.3 is 4.74 Å². The van der Waals surface area contributed by atoms with Gasteiger partial charge >= 0.3 is 0 Å². The largest absolute Gasteiger partial charge is 0.501 e. The Morgan fingerprint density at radius 3 is 2.76 bits per heavy atom. The van der Waals surface area contributed by atoms with E-state index in [1.54, 1.807) is 6.26 Å². The first-order valence-corrected chi connectivity index (χ1v) is 8.89. The molecule has 2 aliphatic carbocycles. The number of allylic oxidation sites excluding steroid dienone is 1. The summed E-state index contributed by atoms with van der Waals surface area (Å²) in [6.07, 6.45) is 8.55.